The zero-order chi connectivity index (χ0) is 11.3. The van der Waals surface area contributed by atoms with Gasteiger partial charge >= 0.3 is 6.03 Å². The van der Waals surface area contributed by atoms with Gasteiger partial charge in [0.2, 0.25) is 0 Å². The lowest BCUT2D eigenvalue weighted by Gasteiger charge is -2.08. The molecule has 0 aliphatic heterocycles. The van der Waals surface area contributed by atoms with Crippen LogP contribution < -0.4 is 10.6 Å². The Labute approximate surface area is 93.2 Å². The summed E-state index contributed by atoms with van der Waals surface area (Å²) in [5.41, 5.74) is 0.475. The molecule has 0 radical (unpaired) electrons. The van der Waals surface area contributed by atoms with Crippen molar-refractivity contribution in [1.29, 1.82) is 0 Å². The highest BCUT2D eigenvalue weighted by molar-refractivity contribution is 6.33. The van der Waals surface area contributed by atoms with E-state index in [1.807, 2.05) is 6.92 Å². The number of benzene rings is 1. The quantitative estimate of drug-likeness (QED) is 0.697. The number of nitrogens with one attached hydrogen (secondary N) is 2. The van der Waals surface area contributed by atoms with Gasteiger partial charge in [0.25, 0.3) is 0 Å². The predicted octanol–water partition coefficient (Wildman–Crippen LogP) is 2.58. The smallest absolute Gasteiger partial charge is 0.319 e. The molecule has 82 valence electrons. The summed E-state index contributed by atoms with van der Waals surface area (Å²) in [6, 6.07) is 4.08. The van der Waals surface area contributed by atoms with Gasteiger partial charge in [-0.25, -0.2) is 4.79 Å². The molecule has 0 aliphatic carbocycles. The maximum Gasteiger partial charge on any atom is 0.319 e. The average Bonchev–Trinajstić information content (AvgIpc) is 2.19. The molecule has 1 aromatic rings. The Bertz CT molecular complexity index is 355. The molecule has 0 saturated carbocycles. The summed E-state index contributed by atoms with van der Waals surface area (Å²) < 4.78 is 0. The number of phenolic OH excluding ortho intramolecular Hbond substituents is 1. The monoisotopic (exact) mass is 228 g/mol. The minimum Gasteiger partial charge on any atom is -0.508 e. The summed E-state index contributed by atoms with van der Waals surface area (Å²) in [4.78, 5) is 11.3. The van der Waals surface area contributed by atoms with Crippen molar-refractivity contribution in [1.82, 2.24) is 5.32 Å². The first kappa shape index (κ1) is 11.7. The van der Waals surface area contributed by atoms with E-state index in [0.29, 0.717) is 17.3 Å². The van der Waals surface area contributed by atoms with Gasteiger partial charge in [0.05, 0.1) is 10.7 Å². The Morgan fingerprint density at radius 3 is 2.87 bits per heavy atom. The Morgan fingerprint density at radius 2 is 2.27 bits per heavy atom. The van der Waals surface area contributed by atoms with Gasteiger partial charge in [0.15, 0.2) is 0 Å². The van der Waals surface area contributed by atoms with Gasteiger partial charge in [-0.3, -0.25) is 0 Å². The highest BCUT2D eigenvalue weighted by Gasteiger charge is 2.04. The van der Waals surface area contributed by atoms with Crippen molar-refractivity contribution in [3.63, 3.8) is 0 Å². The highest BCUT2D eigenvalue weighted by Crippen LogP contribution is 2.25. The van der Waals surface area contributed by atoms with Gasteiger partial charge in [0.1, 0.15) is 5.75 Å². The van der Waals surface area contributed by atoms with Crippen molar-refractivity contribution in [3.8, 4) is 5.75 Å². The fourth-order valence-corrected chi connectivity index (χ4v) is 1.23. The number of amides is 2. The first-order valence-corrected chi connectivity index (χ1v) is 5.04. The minimum atomic E-state index is -0.301. The number of aromatic hydroxyl groups is 1. The molecule has 0 aromatic heterocycles. The number of hydrogen-bond donors (Lipinski definition) is 3. The molecule has 4 nitrogen and oxygen atoms in total. The zero-order valence-corrected chi connectivity index (χ0v) is 9.14. The number of halogens is 1. The summed E-state index contributed by atoms with van der Waals surface area (Å²) in [5.74, 6) is 0.0690. The van der Waals surface area contributed by atoms with Crippen molar-refractivity contribution >= 4 is 23.3 Å². The Morgan fingerprint density at radius 1 is 1.53 bits per heavy atom. The number of urea groups is 1. The average molecular weight is 229 g/mol. The van der Waals surface area contributed by atoms with Crippen LogP contribution in [0.1, 0.15) is 13.3 Å². The largest absolute Gasteiger partial charge is 0.508 e. The lowest BCUT2D eigenvalue weighted by Crippen LogP contribution is -2.29. The number of phenols is 1. The van der Waals surface area contributed by atoms with Gasteiger partial charge in [-0.1, -0.05) is 18.5 Å². The van der Waals surface area contributed by atoms with E-state index in [9.17, 15) is 4.79 Å². The van der Waals surface area contributed by atoms with E-state index in [1.165, 1.54) is 12.1 Å². The Hall–Kier alpha value is -1.42. The van der Waals surface area contributed by atoms with Crippen LogP contribution in [0.3, 0.4) is 0 Å². The fraction of sp³-hybridized carbons (Fsp3) is 0.300. The van der Waals surface area contributed by atoms with Gasteiger partial charge < -0.3 is 15.7 Å². The first-order chi connectivity index (χ1) is 7.13. The number of hydrogen-bond acceptors (Lipinski definition) is 2. The van der Waals surface area contributed by atoms with Gasteiger partial charge in [-0.05, 0) is 18.6 Å². The molecule has 0 heterocycles. The normalized spacial score (nSPS) is 9.73. The lowest BCUT2D eigenvalue weighted by molar-refractivity contribution is 0.252. The van der Waals surface area contributed by atoms with E-state index in [2.05, 4.69) is 10.6 Å². The van der Waals surface area contributed by atoms with Crippen molar-refractivity contribution in [2.24, 2.45) is 0 Å². The number of carbonyl (C=O) groups is 1. The van der Waals surface area contributed by atoms with Crippen LogP contribution in [0.25, 0.3) is 0 Å². The molecule has 3 N–H and O–H groups in total. The third-order valence-electron chi connectivity index (χ3n) is 1.74. The molecule has 1 rings (SSSR count). The molecule has 0 spiro atoms. The lowest BCUT2D eigenvalue weighted by atomic mass is 10.3. The molecule has 2 amide bonds. The van der Waals surface area contributed by atoms with Crippen molar-refractivity contribution in [2.75, 3.05) is 11.9 Å². The minimum absolute atomic E-state index is 0.0690. The fourth-order valence-electron chi connectivity index (χ4n) is 1.01. The van der Waals surface area contributed by atoms with Crippen molar-refractivity contribution < 1.29 is 9.90 Å². The second-order valence-electron chi connectivity index (χ2n) is 3.05. The summed E-state index contributed by atoms with van der Waals surface area (Å²) in [7, 11) is 0. The number of carbonyl (C=O) groups excluding carboxylic acids is 1. The van der Waals surface area contributed by atoms with Crippen LogP contribution in [-0.4, -0.2) is 17.7 Å². The predicted molar refractivity (Wildman–Crippen MR) is 60.4 cm³/mol. The summed E-state index contributed by atoms with van der Waals surface area (Å²) >= 11 is 5.81. The van der Waals surface area contributed by atoms with Crippen LogP contribution in [-0.2, 0) is 0 Å². The number of anilines is 1. The van der Waals surface area contributed by atoms with Crippen LogP contribution >= 0.6 is 11.6 Å². The van der Waals surface area contributed by atoms with Gasteiger partial charge in [0, 0.05) is 12.6 Å². The van der Waals surface area contributed by atoms with E-state index in [4.69, 9.17) is 16.7 Å². The summed E-state index contributed by atoms with van der Waals surface area (Å²) in [5, 5.41) is 14.6. The molecule has 0 bridgehead atoms. The Balaban J connectivity index is 2.60. The maximum atomic E-state index is 11.3. The van der Waals surface area contributed by atoms with E-state index in [-0.39, 0.29) is 11.8 Å². The van der Waals surface area contributed by atoms with Crippen LogP contribution in [0.4, 0.5) is 10.5 Å². The number of rotatable bonds is 3. The highest BCUT2D eigenvalue weighted by atomic mass is 35.5. The molecule has 0 saturated heterocycles. The van der Waals surface area contributed by atoms with Gasteiger partial charge in [-0.2, -0.15) is 0 Å². The molecule has 5 heteroatoms. The first-order valence-electron chi connectivity index (χ1n) is 4.67. The van der Waals surface area contributed by atoms with Crippen LogP contribution in [0.15, 0.2) is 18.2 Å². The topological polar surface area (TPSA) is 61.4 Å². The van der Waals surface area contributed by atoms with E-state index in [0.717, 1.165) is 6.42 Å². The van der Waals surface area contributed by atoms with E-state index >= 15 is 0 Å². The molecule has 0 fully saturated rings. The second kappa shape index (κ2) is 5.46. The summed E-state index contributed by atoms with van der Waals surface area (Å²) in [6.07, 6.45) is 0.872. The van der Waals surface area contributed by atoms with E-state index < -0.39 is 0 Å². The molecule has 0 aliphatic rings. The third kappa shape index (κ3) is 3.67. The molecule has 15 heavy (non-hydrogen) atoms. The van der Waals surface area contributed by atoms with E-state index in [1.54, 1.807) is 6.07 Å². The zero-order valence-electron chi connectivity index (χ0n) is 8.38. The molecular weight excluding hydrogens is 216 g/mol. The molecule has 0 atom stereocenters. The van der Waals surface area contributed by atoms with Crippen molar-refractivity contribution in [2.45, 2.75) is 13.3 Å². The van der Waals surface area contributed by atoms with Crippen LogP contribution in [0.2, 0.25) is 5.02 Å². The van der Waals surface area contributed by atoms with Gasteiger partial charge in [-0.15, -0.1) is 0 Å². The maximum absolute atomic E-state index is 11.3. The van der Waals surface area contributed by atoms with Crippen LogP contribution in [0, 0.1) is 0 Å². The van der Waals surface area contributed by atoms with Crippen LogP contribution in [0.5, 0.6) is 5.75 Å². The SMILES string of the molecule is CCCNC(=O)Nc1ccc(O)cc1Cl. The second-order valence-corrected chi connectivity index (χ2v) is 3.45. The Kier molecular flexibility index (Phi) is 4.24. The molecule has 1 aromatic carbocycles. The molecular formula is C10H13ClN2O2. The summed E-state index contributed by atoms with van der Waals surface area (Å²) in [6.45, 7) is 2.58. The third-order valence-corrected chi connectivity index (χ3v) is 2.05. The van der Waals surface area contributed by atoms with Crippen molar-refractivity contribution in [3.05, 3.63) is 23.2 Å². The molecule has 0 unspecified atom stereocenters. The standard InChI is InChI=1S/C10H13ClN2O2/c1-2-5-12-10(15)13-9-4-3-7(14)6-8(9)11/h3-4,6,14H,2,5H2,1H3,(H2,12,13,15).